The highest BCUT2D eigenvalue weighted by atomic mass is 16.4. The fourth-order valence-electron chi connectivity index (χ4n) is 3.19. The molecule has 0 amide bonds. The summed E-state index contributed by atoms with van der Waals surface area (Å²) < 4.78 is 10.7. The Morgan fingerprint density at radius 1 is 0.692 bits per heavy atom. The van der Waals surface area contributed by atoms with Crippen molar-refractivity contribution in [3.63, 3.8) is 0 Å². The Morgan fingerprint density at radius 3 is 1.62 bits per heavy atom. The Balaban J connectivity index is 1.66. The van der Waals surface area contributed by atoms with Gasteiger partial charge in [-0.25, -0.2) is 9.59 Å². The second-order valence-electron chi connectivity index (χ2n) is 6.28. The SMILES string of the molecule is C=C(Cc1cccc2ccc(=O)oc12)Cc1cccc2ccc(=O)oc12. The average molecular weight is 344 g/mol. The van der Waals surface area contributed by atoms with E-state index in [-0.39, 0.29) is 11.3 Å². The molecule has 0 aliphatic heterocycles. The van der Waals surface area contributed by atoms with Crippen molar-refractivity contribution >= 4 is 21.9 Å². The van der Waals surface area contributed by atoms with E-state index in [0.29, 0.717) is 24.0 Å². The van der Waals surface area contributed by atoms with Gasteiger partial charge < -0.3 is 8.83 Å². The minimum absolute atomic E-state index is 0.369. The summed E-state index contributed by atoms with van der Waals surface area (Å²) in [5, 5.41) is 1.76. The second-order valence-corrected chi connectivity index (χ2v) is 6.28. The van der Waals surface area contributed by atoms with Crippen LogP contribution in [0.15, 0.2) is 91.2 Å². The van der Waals surface area contributed by atoms with E-state index in [4.69, 9.17) is 8.83 Å². The largest absolute Gasteiger partial charge is 0.422 e. The summed E-state index contributed by atoms with van der Waals surface area (Å²) in [6.45, 7) is 4.16. The Morgan fingerprint density at radius 2 is 1.15 bits per heavy atom. The molecule has 0 N–H and O–H groups in total. The number of hydrogen-bond donors (Lipinski definition) is 0. The normalized spacial score (nSPS) is 11.1. The first kappa shape index (κ1) is 16.1. The molecule has 2 aromatic carbocycles. The van der Waals surface area contributed by atoms with Crippen LogP contribution in [-0.4, -0.2) is 0 Å². The smallest absolute Gasteiger partial charge is 0.336 e. The zero-order chi connectivity index (χ0) is 18.1. The molecule has 2 heterocycles. The number of benzene rings is 2. The van der Waals surface area contributed by atoms with E-state index in [2.05, 4.69) is 6.58 Å². The molecule has 2 aromatic heterocycles. The maximum atomic E-state index is 11.6. The van der Waals surface area contributed by atoms with Gasteiger partial charge in [-0.3, -0.25) is 0 Å². The third-order valence-electron chi connectivity index (χ3n) is 4.34. The molecule has 0 unspecified atom stereocenters. The fourth-order valence-corrected chi connectivity index (χ4v) is 3.19. The Labute approximate surface area is 149 Å². The maximum absolute atomic E-state index is 11.6. The summed E-state index contributed by atoms with van der Waals surface area (Å²) in [4.78, 5) is 23.1. The molecule has 4 rings (SSSR count). The predicted molar refractivity (Wildman–Crippen MR) is 102 cm³/mol. The number of hydrogen-bond acceptors (Lipinski definition) is 4. The zero-order valence-electron chi connectivity index (χ0n) is 14.0. The van der Waals surface area contributed by atoms with E-state index < -0.39 is 0 Å². The van der Waals surface area contributed by atoms with Crippen LogP contribution in [0, 0.1) is 0 Å². The highest BCUT2D eigenvalue weighted by molar-refractivity contribution is 5.81. The van der Waals surface area contributed by atoms with E-state index in [1.807, 2.05) is 36.4 Å². The number of para-hydroxylation sites is 2. The van der Waals surface area contributed by atoms with Crippen molar-refractivity contribution in [2.75, 3.05) is 0 Å². The van der Waals surface area contributed by atoms with Crippen molar-refractivity contribution < 1.29 is 8.83 Å². The lowest BCUT2D eigenvalue weighted by atomic mass is 9.97. The van der Waals surface area contributed by atoms with Crippen LogP contribution in [0.3, 0.4) is 0 Å². The number of allylic oxidation sites excluding steroid dienone is 1. The minimum Gasteiger partial charge on any atom is -0.422 e. The van der Waals surface area contributed by atoms with Gasteiger partial charge in [-0.05, 0) is 36.1 Å². The minimum atomic E-state index is -0.369. The van der Waals surface area contributed by atoms with Crippen LogP contribution in [0.2, 0.25) is 0 Å². The third kappa shape index (κ3) is 3.09. The Hall–Kier alpha value is -3.40. The number of fused-ring (bicyclic) bond motifs is 2. The van der Waals surface area contributed by atoms with Gasteiger partial charge in [0.25, 0.3) is 0 Å². The maximum Gasteiger partial charge on any atom is 0.336 e. The number of rotatable bonds is 4. The van der Waals surface area contributed by atoms with Gasteiger partial charge in [-0.1, -0.05) is 48.6 Å². The standard InChI is InChI=1S/C22H16O4/c1-14(12-17-6-2-4-15-8-10-19(23)25-21(15)17)13-18-7-3-5-16-9-11-20(24)26-22(16)18/h2-11H,1,12-13H2. The molecule has 0 radical (unpaired) electrons. The molecular formula is C22H16O4. The molecule has 0 saturated carbocycles. The van der Waals surface area contributed by atoms with E-state index >= 15 is 0 Å². The van der Waals surface area contributed by atoms with Gasteiger partial charge in [-0.2, -0.15) is 0 Å². The van der Waals surface area contributed by atoms with Crippen molar-refractivity contribution in [2.24, 2.45) is 0 Å². The van der Waals surface area contributed by atoms with Gasteiger partial charge in [0.05, 0.1) is 0 Å². The van der Waals surface area contributed by atoms with Crippen LogP contribution in [0.25, 0.3) is 21.9 Å². The van der Waals surface area contributed by atoms with Crippen LogP contribution in [0.5, 0.6) is 0 Å². The second kappa shape index (κ2) is 6.48. The first-order chi connectivity index (χ1) is 12.6. The molecule has 4 heteroatoms. The van der Waals surface area contributed by atoms with Crippen molar-refractivity contribution in [1.82, 2.24) is 0 Å². The molecule has 0 aliphatic rings. The summed E-state index contributed by atoms with van der Waals surface area (Å²) in [5.41, 5.74) is 3.19. The predicted octanol–water partition coefficient (Wildman–Crippen LogP) is 4.24. The quantitative estimate of drug-likeness (QED) is 0.410. The van der Waals surface area contributed by atoms with Gasteiger partial charge in [0.1, 0.15) is 11.2 Å². The molecule has 0 bridgehead atoms. The van der Waals surface area contributed by atoms with Gasteiger partial charge in [0, 0.05) is 22.9 Å². The summed E-state index contributed by atoms with van der Waals surface area (Å²) in [5.74, 6) is 0. The van der Waals surface area contributed by atoms with Crippen LogP contribution < -0.4 is 11.3 Å². The fraction of sp³-hybridized carbons (Fsp3) is 0.0909. The van der Waals surface area contributed by atoms with E-state index in [9.17, 15) is 9.59 Å². The first-order valence-electron chi connectivity index (χ1n) is 8.30. The average Bonchev–Trinajstić information content (AvgIpc) is 2.63. The van der Waals surface area contributed by atoms with Gasteiger partial charge in [-0.15, -0.1) is 0 Å². The monoisotopic (exact) mass is 344 g/mol. The third-order valence-corrected chi connectivity index (χ3v) is 4.34. The summed E-state index contributed by atoms with van der Waals surface area (Å²) in [6, 6.07) is 17.9. The summed E-state index contributed by atoms with van der Waals surface area (Å²) in [7, 11) is 0. The molecule has 0 atom stereocenters. The zero-order valence-corrected chi connectivity index (χ0v) is 14.0. The van der Waals surface area contributed by atoms with Crippen LogP contribution in [0.1, 0.15) is 11.1 Å². The topological polar surface area (TPSA) is 60.4 Å². The van der Waals surface area contributed by atoms with Gasteiger partial charge in [0.15, 0.2) is 0 Å². The summed E-state index contributed by atoms with van der Waals surface area (Å²) >= 11 is 0. The lowest BCUT2D eigenvalue weighted by Gasteiger charge is -2.09. The van der Waals surface area contributed by atoms with Gasteiger partial charge in [0.2, 0.25) is 0 Å². The lowest BCUT2D eigenvalue weighted by molar-refractivity contribution is 0.556. The molecule has 4 aromatic rings. The molecule has 0 aliphatic carbocycles. The van der Waals surface area contributed by atoms with Crippen LogP contribution in [-0.2, 0) is 12.8 Å². The molecule has 0 fully saturated rings. The van der Waals surface area contributed by atoms with Crippen molar-refractivity contribution in [3.8, 4) is 0 Å². The van der Waals surface area contributed by atoms with Crippen molar-refractivity contribution in [2.45, 2.75) is 12.8 Å². The molecule has 128 valence electrons. The van der Waals surface area contributed by atoms with Crippen LogP contribution in [0.4, 0.5) is 0 Å². The van der Waals surface area contributed by atoms with Crippen molar-refractivity contribution in [1.29, 1.82) is 0 Å². The first-order valence-corrected chi connectivity index (χ1v) is 8.30. The molecule has 4 nitrogen and oxygen atoms in total. The Kier molecular flexibility index (Phi) is 4.01. The van der Waals surface area contributed by atoms with Crippen LogP contribution >= 0.6 is 0 Å². The highest BCUT2D eigenvalue weighted by Crippen LogP contribution is 2.23. The molecule has 0 saturated heterocycles. The Bertz CT molecular complexity index is 1150. The molecule has 0 spiro atoms. The highest BCUT2D eigenvalue weighted by Gasteiger charge is 2.09. The molecule has 26 heavy (non-hydrogen) atoms. The van der Waals surface area contributed by atoms with Crippen molar-refractivity contribution in [3.05, 3.63) is 105 Å². The van der Waals surface area contributed by atoms with E-state index in [1.54, 1.807) is 12.1 Å². The lowest BCUT2D eigenvalue weighted by Crippen LogP contribution is -2.01. The van der Waals surface area contributed by atoms with E-state index in [1.165, 1.54) is 12.1 Å². The van der Waals surface area contributed by atoms with Gasteiger partial charge >= 0.3 is 11.3 Å². The summed E-state index contributed by atoms with van der Waals surface area (Å²) in [6.07, 6.45) is 1.13. The van der Waals surface area contributed by atoms with E-state index in [0.717, 1.165) is 27.5 Å². The molecular weight excluding hydrogens is 328 g/mol.